The first kappa shape index (κ1) is 23.4. The van der Waals surface area contributed by atoms with E-state index in [4.69, 9.17) is 18.9 Å². The Kier molecular flexibility index (Phi) is 7.56. The normalized spacial score (nSPS) is 20.0. The first-order valence-electron chi connectivity index (χ1n) is 10.7. The van der Waals surface area contributed by atoms with Crippen LogP contribution in [0.3, 0.4) is 0 Å². The minimum absolute atomic E-state index is 0.0657. The Morgan fingerprint density at radius 2 is 1.84 bits per heavy atom. The number of ether oxygens (including phenoxy) is 4. The zero-order valence-corrected chi connectivity index (χ0v) is 18.9. The third-order valence-electron chi connectivity index (χ3n) is 5.51. The van der Waals surface area contributed by atoms with Gasteiger partial charge in [-0.3, -0.25) is 4.79 Å². The number of Topliss-reactive ketones (excluding diaryl/α,β-unsaturated/α-hetero) is 1. The molecule has 0 spiro atoms. The molecule has 2 unspecified atom stereocenters. The number of fused-ring (bicyclic) bond motifs is 1. The summed E-state index contributed by atoms with van der Waals surface area (Å²) in [5.41, 5.74) is 2.61. The van der Waals surface area contributed by atoms with E-state index in [9.17, 15) is 14.4 Å². The molecule has 1 heterocycles. The van der Waals surface area contributed by atoms with Crippen LogP contribution in [0.1, 0.15) is 45.1 Å². The molecule has 3 rings (SSSR count). The number of esters is 2. The fourth-order valence-corrected chi connectivity index (χ4v) is 4.19. The summed E-state index contributed by atoms with van der Waals surface area (Å²) < 4.78 is 21.2. The molecule has 0 saturated carbocycles. The van der Waals surface area contributed by atoms with Crippen LogP contribution in [-0.4, -0.2) is 44.7 Å². The summed E-state index contributed by atoms with van der Waals surface area (Å²) in [4.78, 5) is 37.5. The van der Waals surface area contributed by atoms with E-state index in [2.05, 4.69) is 5.32 Å². The molecule has 1 aliphatic heterocycles. The summed E-state index contributed by atoms with van der Waals surface area (Å²) >= 11 is 0. The molecule has 172 valence electrons. The summed E-state index contributed by atoms with van der Waals surface area (Å²) in [6.45, 7) is 5.52. The Morgan fingerprint density at radius 1 is 1.09 bits per heavy atom. The van der Waals surface area contributed by atoms with Gasteiger partial charge in [0.15, 0.2) is 18.1 Å². The molecular formula is C24H29NO7. The lowest BCUT2D eigenvalue weighted by molar-refractivity contribution is -0.145. The summed E-state index contributed by atoms with van der Waals surface area (Å²) in [6.07, 6.45) is 3.09. The molecule has 0 fully saturated rings. The lowest BCUT2D eigenvalue weighted by Crippen LogP contribution is -2.40. The minimum Gasteiger partial charge on any atom is -0.493 e. The van der Waals surface area contributed by atoms with Gasteiger partial charge in [0, 0.05) is 23.7 Å². The number of nitrogens with one attached hydrogen (secondary N) is 1. The number of hydrogen-bond acceptors (Lipinski definition) is 8. The molecule has 1 aromatic carbocycles. The van der Waals surface area contributed by atoms with E-state index in [0.29, 0.717) is 35.6 Å². The van der Waals surface area contributed by atoms with Gasteiger partial charge in [-0.2, -0.15) is 0 Å². The van der Waals surface area contributed by atoms with Crippen LogP contribution in [0, 0.1) is 5.92 Å². The Balaban J connectivity index is 2.02. The third-order valence-corrected chi connectivity index (χ3v) is 5.51. The zero-order chi connectivity index (χ0) is 23.3. The van der Waals surface area contributed by atoms with Crippen molar-refractivity contribution in [2.75, 3.05) is 26.9 Å². The van der Waals surface area contributed by atoms with E-state index in [1.54, 1.807) is 32.0 Å². The van der Waals surface area contributed by atoms with Crippen LogP contribution in [0.4, 0.5) is 0 Å². The molecule has 1 aliphatic carbocycles. The molecule has 2 aliphatic rings. The van der Waals surface area contributed by atoms with Crippen LogP contribution in [0.5, 0.6) is 11.5 Å². The quantitative estimate of drug-likeness (QED) is 0.612. The maximum Gasteiger partial charge on any atom is 0.344 e. The molecule has 2 atom stereocenters. The smallest absolute Gasteiger partial charge is 0.344 e. The number of benzene rings is 1. The molecule has 0 bridgehead atoms. The third kappa shape index (κ3) is 4.79. The predicted molar refractivity (Wildman–Crippen MR) is 116 cm³/mol. The molecule has 0 amide bonds. The van der Waals surface area contributed by atoms with Gasteiger partial charge in [-0.1, -0.05) is 12.1 Å². The number of hydrogen-bond donors (Lipinski definition) is 1. The van der Waals surface area contributed by atoms with Crippen LogP contribution >= 0.6 is 0 Å². The van der Waals surface area contributed by atoms with Gasteiger partial charge in [0.05, 0.1) is 31.8 Å². The number of rotatable bonds is 8. The zero-order valence-electron chi connectivity index (χ0n) is 18.9. The van der Waals surface area contributed by atoms with Crippen molar-refractivity contribution in [2.45, 2.75) is 39.5 Å². The van der Waals surface area contributed by atoms with Crippen LogP contribution in [0.2, 0.25) is 0 Å². The standard InChI is InChI=1S/C24H29NO7/c1-5-30-20(27)13-32-18-11-10-15(12-19(18)29-4)22-21(24(28)31-6-2)14(3)25-16-8-7-9-17(26)23(16)22/h8,10-12,22-23,25H,5-7,9,13H2,1-4H3. The van der Waals surface area contributed by atoms with Crippen molar-refractivity contribution in [1.29, 1.82) is 0 Å². The van der Waals surface area contributed by atoms with E-state index in [0.717, 1.165) is 11.3 Å². The number of methoxy groups -OCH3 is 1. The SMILES string of the molecule is CCOC(=O)COc1ccc(C2C(C(=O)OCC)=C(C)NC3=CCCC(=O)C32)cc1OC. The Labute approximate surface area is 187 Å². The number of allylic oxidation sites excluding steroid dienone is 3. The Morgan fingerprint density at radius 3 is 2.53 bits per heavy atom. The minimum atomic E-state index is -0.526. The number of ketones is 1. The summed E-state index contributed by atoms with van der Waals surface area (Å²) in [5.74, 6) is -1.16. The van der Waals surface area contributed by atoms with Crippen molar-refractivity contribution in [1.82, 2.24) is 5.32 Å². The fraction of sp³-hybridized carbons (Fsp3) is 0.458. The van der Waals surface area contributed by atoms with E-state index < -0.39 is 23.8 Å². The molecule has 8 nitrogen and oxygen atoms in total. The number of carbonyl (C=O) groups is 3. The van der Waals surface area contributed by atoms with Crippen molar-refractivity contribution in [2.24, 2.45) is 5.92 Å². The molecule has 1 N–H and O–H groups in total. The second-order valence-corrected chi connectivity index (χ2v) is 7.51. The van der Waals surface area contributed by atoms with Crippen LogP contribution in [0.15, 0.2) is 41.2 Å². The van der Waals surface area contributed by atoms with Crippen LogP contribution in [0.25, 0.3) is 0 Å². The molecule has 0 saturated heterocycles. The second-order valence-electron chi connectivity index (χ2n) is 7.51. The van der Waals surface area contributed by atoms with Crippen molar-refractivity contribution in [3.63, 3.8) is 0 Å². The number of carbonyl (C=O) groups excluding carboxylic acids is 3. The van der Waals surface area contributed by atoms with Gasteiger partial charge in [0.2, 0.25) is 0 Å². The second kappa shape index (κ2) is 10.3. The first-order chi connectivity index (χ1) is 15.4. The molecule has 1 aromatic rings. The Bertz CT molecular complexity index is 963. The maximum absolute atomic E-state index is 12.9. The molecule has 8 heteroatoms. The molecule has 0 radical (unpaired) electrons. The van der Waals surface area contributed by atoms with Gasteiger partial charge in [0.1, 0.15) is 5.78 Å². The van der Waals surface area contributed by atoms with Crippen molar-refractivity contribution >= 4 is 17.7 Å². The van der Waals surface area contributed by atoms with Gasteiger partial charge in [-0.25, -0.2) is 9.59 Å². The summed E-state index contributed by atoms with van der Waals surface area (Å²) in [6, 6.07) is 5.19. The lowest BCUT2D eigenvalue weighted by Gasteiger charge is -2.38. The largest absolute Gasteiger partial charge is 0.493 e. The summed E-state index contributed by atoms with van der Waals surface area (Å²) in [5, 5.41) is 3.23. The first-order valence-corrected chi connectivity index (χ1v) is 10.7. The Hall–Kier alpha value is -3.29. The monoisotopic (exact) mass is 443 g/mol. The summed E-state index contributed by atoms with van der Waals surface area (Å²) in [7, 11) is 1.49. The van der Waals surface area contributed by atoms with E-state index >= 15 is 0 Å². The van der Waals surface area contributed by atoms with Gasteiger partial charge >= 0.3 is 11.9 Å². The van der Waals surface area contributed by atoms with Crippen molar-refractivity contribution in [3.05, 3.63) is 46.8 Å². The van der Waals surface area contributed by atoms with Gasteiger partial charge < -0.3 is 24.3 Å². The fourth-order valence-electron chi connectivity index (χ4n) is 4.19. The van der Waals surface area contributed by atoms with Gasteiger partial charge in [-0.15, -0.1) is 0 Å². The molecule has 32 heavy (non-hydrogen) atoms. The average Bonchev–Trinajstić information content (AvgIpc) is 2.77. The highest BCUT2D eigenvalue weighted by Crippen LogP contribution is 2.45. The topological polar surface area (TPSA) is 100 Å². The van der Waals surface area contributed by atoms with Crippen molar-refractivity contribution in [3.8, 4) is 11.5 Å². The highest BCUT2D eigenvalue weighted by Gasteiger charge is 2.43. The van der Waals surface area contributed by atoms with E-state index in [1.165, 1.54) is 7.11 Å². The van der Waals surface area contributed by atoms with Crippen LogP contribution in [-0.2, 0) is 23.9 Å². The molecular weight excluding hydrogens is 414 g/mol. The highest BCUT2D eigenvalue weighted by molar-refractivity contribution is 5.96. The van der Waals surface area contributed by atoms with E-state index in [1.807, 2.05) is 13.0 Å². The average molecular weight is 443 g/mol. The maximum atomic E-state index is 12.9. The predicted octanol–water partition coefficient (Wildman–Crippen LogP) is 3.02. The van der Waals surface area contributed by atoms with E-state index in [-0.39, 0.29) is 25.6 Å². The lowest BCUT2D eigenvalue weighted by atomic mass is 9.71. The van der Waals surface area contributed by atoms with Gasteiger partial charge in [0.25, 0.3) is 0 Å². The van der Waals surface area contributed by atoms with Crippen molar-refractivity contribution < 1.29 is 33.3 Å². The van der Waals surface area contributed by atoms with Crippen LogP contribution < -0.4 is 14.8 Å². The highest BCUT2D eigenvalue weighted by atomic mass is 16.6. The molecule has 0 aromatic heterocycles. The van der Waals surface area contributed by atoms with Gasteiger partial charge in [-0.05, 0) is 44.9 Å².